The monoisotopic (exact) mass is 470 g/mol. The topological polar surface area (TPSA) is 78.7 Å². The van der Waals surface area contributed by atoms with Gasteiger partial charge in [-0.3, -0.25) is 9.78 Å². The van der Waals surface area contributed by atoms with Gasteiger partial charge in [-0.25, -0.2) is 4.98 Å². The summed E-state index contributed by atoms with van der Waals surface area (Å²) in [4.78, 5) is 21.6. The molecule has 0 bridgehead atoms. The Labute approximate surface area is 188 Å². The van der Waals surface area contributed by atoms with Gasteiger partial charge < -0.3 is 5.32 Å². The van der Waals surface area contributed by atoms with E-state index in [9.17, 15) is 23.2 Å². The van der Waals surface area contributed by atoms with Gasteiger partial charge in [0.15, 0.2) is 0 Å². The molecule has 0 spiro atoms. The zero-order chi connectivity index (χ0) is 22.7. The van der Waals surface area contributed by atoms with Gasteiger partial charge in [0.2, 0.25) is 5.91 Å². The van der Waals surface area contributed by atoms with Crippen molar-refractivity contribution in [2.45, 2.75) is 11.2 Å². The number of nitriles is 1. The summed E-state index contributed by atoms with van der Waals surface area (Å²) in [6, 6.07) is 14.6. The van der Waals surface area contributed by atoms with Crippen LogP contribution >= 0.6 is 23.1 Å². The molecular weight excluding hydrogens is 457 g/mol. The first-order chi connectivity index (χ1) is 15.4. The number of rotatable bonds is 5. The zero-order valence-corrected chi connectivity index (χ0v) is 17.8. The minimum absolute atomic E-state index is 0.106. The predicted octanol–water partition coefficient (Wildman–Crippen LogP) is 5.98. The second kappa shape index (κ2) is 8.98. The molecule has 1 N–H and O–H groups in total. The number of pyridine rings is 2. The van der Waals surface area contributed by atoms with Gasteiger partial charge >= 0.3 is 6.18 Å². The van der Waals surface area contributed by atoms with Crippen LogP contribution in [0.3, 0.4) is 0 Å². The van der Waals surface area contributed by atoms with E-state index in [1.54, 1.807) is 60.1 Å². The molecule has 0 unspecified atom stereocenters. The lowest BCUT2D eigenvalue weighted by atomic mass is 10.1. The molecule has 32 heavy (non-hydrogen) atoms. The van der Waals surface area contributed by atoms with Crippen LogP contribution < -0.4 is 5.32 Å². The highest BCUT2D eigenvalue weighted by molar-refractivity contribution is 8.00. The average molecular weight is 471 g/mol. The molecule has 160 valence electrons. The van der Waals surface area contributed by atoms with E-state index >= 15 is 0 Å². The number of hydrogen-bond acceptors (Lipinski definition) is 6. The SMILES string of the molecule is N#Cc1c(C(F)(F)F)cc(-c2cccs2)nc1SCC(=O)Nc1cccc2ncccc12. The maximum Gasteiger partial charge on any atom is 0.417 e. The third-order valence-electron chi connectivity index (χ3n) is 4.44. The second-order valence-corrected chi connectivity index (χ2v) is 8.45. The Morgan fingerprint density at radius 3 is 2.75 bits per heavy atom. The molecule has 0 atom stereocenters. The molecule has 0 aliphatic heterocycles. The first-order valence-electron chi connectivity index (χ1n) is 9.19. The molecule has 3 heterocycles. The largest absolute Gasteiger partial charge is 0.417 e. The molecule has 0 saturated heterocycles. The van der Waals surface area contributed by atoms with E-state index < -0.39 is 23.2 Å². The number of nitrogens with one attached hydrogen (secondary N) is 1. The first kappa shape index (κ1) is 21.8. The number of anilines is 1. The molecular formula is C22H13F3N4OS2. The van der Waals surface area contributed by atoms with Gasteiger partial charge in [-0.05, 0) is 41.8 Å². The number of nitrogens with zero attached hydrogens (tertiary/aromatic N) is 3. The number of carbonyl (C=O) groups excluding carboxylic acids is 1. The molecule has 0 radical (unpaired) electrons. The number of hydrogen-bond donors (Lipinski definition) is 1. The number of fused-ring (bicyclic) bond motifs is 1. The number of alkyl halides is 3. The van der Waals surface area contributed by atoms with Gasteiger partial charge in [0, 0.05) is 11.6 Å². The maximum atomic E-state index is 13.6. The van der Waals surface area contributed by atoms with Crippen molar-refractivity contribution in [1.82, 2.24) is 9.97 Å². The van der Waals surface area contributed by atoms with Crippen molar-refractivity contribution in [3.05, 3.63) is 71.2 Å². The molecule has 4 rings (SSSR count). The van der Waals surface area contributed by atoms with Crippen molar-refractivity contribution in [3.8, 4) is 16.6 Å². The molecule has 10 heteroatoms. The van der Waals surface area contributed by atoms with E-state index in [0.29, 0.717) is 16.1 Å². The summed E-state index contributed by atoms with van der Waals surface area (Å²) in [7, 11) is 0. The lowest BCUT2D eigenvalue weighted by molar-refractivity contribution is -0.138. The number of benzene rings is 1. The highest BCUT2D eigenvalue weighted by atomic mass is 32.2. The van der Waals surface area contributed by atoms with Crippen molar-refractivity contribution < 1.29 is 18.0 Å². The molecule has 1 amide bonds. The van der Waals surface area contributed by atoms with Crippen molar-refractivity contribution in [1.29, 1.82) is 5.26 Å². The maximum absolute atomic E-state index is 13.6. The fraction of sp³-hybridized carbons (Fsp3) is 0.0909. The van der Waals surface area contributed by atoms with Crippen LogP contribution in [-0.2, 0) is 11.0 Å². The van der Waals surface area contributed by atoms with Crippen LogP contribution in [0.25, 0.3) is 21.5 Å². The average Bonchev–Trinajstić information content (AvgIpc) is 3.32. The van der Waals surface area contributed by atoms with Crippen molar-refractivity contribution in [3.63, 3.8) is 0 Å². The molecule has 5 nitrogen and oxygen atoms in total. The number of thiophene rings is 1. The van der Waals surface area contributed by atoms with Crippen molar-refractivity contribution >= 4 is 45.6 Å². The molecule has 0 fully saturated rings. The van der Waals surface area contributed by atoms with Crippen molar-refractivity contribution in [2.24, 2.45) is 0 Å². The summed E-state index contributed by atoms with van der Waals surface area (Å²) >= 11 is 2.03. The van der Waals surface area contributed by atoms with Crippen LogP contribution in [0.5, 0.6) is 0 Å². The Bertz CT molecular complexity index is 1330. The molecule has 3 aromatic heterocycles. The van der Waals surface area contributed by atoms with Crippen LogP contribution in [0, 0.1) is 11.3 Å². The van der Waals surface area contributed by atoms with E-state index in [1.165, 1.54) is 11.3 Å². The predicted molar refractivity (Wildman–Crippen MR) is 118 cm³/mol. The number of thioether (sulfide) groups is 1. The Balaban J connectivity index is 1.61. The minimum Gasteiger partial charge on any atom is -0.325 e. The van der Waals surface area contributed by atoms with E-state index in [1.807, 2.05) is 0 Å². The van der Waals surface area contributed by atoms with Gasteiger partial charge in [-0.2, -0.15) is 18.4 Å². The molecule has 4 aromatic rings. The number of halogens is 3. The van der Waals surface area contributed by atoms with Crippen molar-refractivity contribution in [2.75, 3.05) is 11.1 Å². The lowest BCUT2D eigenvalue weighted by Crippen LogP contribution is -2.15. The summed E-state index contributed by atoms with van der Waals surface area (Å²) in [5.41, 5.74) is -0.316. The lowest BCUT2D eigenvalue weighted by Gasteiger charge is -2.14. The Hall–Kier alpha value is -3.42. The van der Waals surface area contributed by atoms with Gasteiger partial charge in [-0.1, -0.05) is 23.9 Å². The Morgan fingerprint density at radius 1 is 1.19 bits per heavy atom. The van der Waals surface area contributed by atoms with E-state index in [4.69, 9.17) is 0 Å². The van der Waals surface area contributed by atoms with Gasteiger partial charge in [0.1, 0.15) is 11.1 Å². The molecule has 0 aliphatic carbocycles. The molecule has 1 aromatic carbocycles. The number of amides is 1. The van der Waals surface area contributed by atoms with E-state index in [2.05, 4.69) is 15.3 Å². The summed E-state index contributed by atoms with van der Waals surface area (Å²) in [6.45, 7) is 0. The van der Waals surface area contributed by atoms with Gasteiger partial charge in [-0.15, -0.1) is 11.3 Å². The van der Waals surface area contributed by atoms with Gasteiger partial charge in [0.05, 0.1) is 38.7 Å². The quantitative estimate of drug-likeness (QED) is 0.363. The van der Waals surface area contributed by atoms with E-state index in [0.717, 1.165) is 23.2 Å². The number of carbonyl (C=O) groups is 1. The standard InChI is InChI=1S/C22H13F3N4OS2/c23-22(24,25)15-10-18(19-7-3-9-31-19)29-21(14(15)11-26)32-12-20(30)28-17-6-1-5-16-13(17)4-2-8-27-16/h1-10H,12H2,(H,28,30). The smallest absolute Gasteiger partial charge is 0.325 e. The number of aromatic nitrogens is 2. The summed E-state index contributed by atoms with van der Waals surface area (Å²) in [5.74, 6) is -0.657. The molecule has 0 aliphatic rings. The Morgan fingerprint density at radius 2 is 2.03 bits per heavy atom. The third-order valence-corrected chi connectivity index (χ3v) is 6.30. The highest BCUT2D eigenvalue weighted by Gasteiger charge is 2.36. The van der Waals surface area contributed by atoms with Gasteiger partial charge in [0.25, 0.3) is 0 Å². The fourth-order valence-corrected chi connectivity index (χ4v) is 4.53. The van der Waals surface area contributed by atoms with Crippen LogP contribution in [0.1, 0.15) is 11.1 Å². The minimum atomic E-state index is -4.73. The summed E-state index contributed by atoms with van der Waals surface area (Å²) in [5, 5.41) is 14.5. The van der Waals surface area contributed by atoms with Crippen LogP contribution in [-0.4, -0.2) is 21.6 Å². The van der Waals surface area contributed by atoms with E-state index in [-0.39, 0.29) is 16.5 Å². The zero-order valence-electron chi connectivity index (χ0n) is 16.2. The highest BCUT2D eigenvalue weighted by Crippen LogP contribution is 2.38. The van der Waals surface area contributed by atoms with Crippen LogP contribution in [0.2, 0.25) is 0 Å². The Kier molecular flexibility index (Phi) is 6.12. The second-order valence-electron chi connectivity index (χ2n) is 6.53. The van der Waals surface area contributed by atoms with Crippen LogP contribution in [0.4, 0.5) is 18.9 Å². The third kappa shape index (κ3) is 4.59. The summed E-state index contributed by atoms with van der Waals surface area (Å²) in [6.07, 6.45) is -3.09. The fourth-order valence-electron chi connectivity index (χ4n) is 3.04. The normalized spacial score (nSPS) is 11.3. The summed E-state index contributed by atoms with van der Waals surface area (Å²) < 4.78 is 40.8. The molecule has 0 saturated carbocycles. The van der Waals surface area contributed by atoms with Crippen LogP contribution in [0.15, 0.2) is 65.1 Å². The first-order valence-corrected chi connectivity index (χ1v) is 11.1.